The van der Waals surface area contributed by atoms with Gasteiger partial charge in [0.05, 0.1) is 5.69 Å². The zero-order valence-electron chi connectivity index (χ0n) is 11.3. The summed E-state index contributed by atoms with van der Waals surface area (Å²) in [5.41, 5.74) is 3.16. The Labute approximate surface area is 113 Å². The molecule has 2 rings (SSSR count). The fourth-order valence-electron chi connectivity index (χ4n) is 2.30. The quantitative estimate of drug-likeness (QED) is 0.612. The Morgan fingerprint density at radius 2 is 2.00 bits per heavy atom. The minimum atomic E-state index is -0.253. The van der Waals surface area contributed by atoms with Gasteiger partial charge in [-0.15, -0.1) is 6.58 Å². The van der Waals surface area contributed by atoms with Gasteiger partial charge in [0.25, 0.3) is 11.8 Å². The zero-order valence-corrected chi connectivity index (χ0v) is 11.3. The number of imide groups is 1. The van der Waals surface area contributed by atoms with E-state index in [1.165, 1.54) is 11.0 Å². The van der Waals surface area contributed by atoms with E-state index in [0.29, 0.717) is 5.57 Å². The highest BCUT2D eigenvalue weighted by atomic mass is 16.2. The second-order valence-electron chi connectivity index (χ2n) is 4.72. The predicted molar refractivity (Wildman–Crippen MR) is 75.9 cm³/mol. The molecule has 1 aromatic carbocycles. The van der Waals surface area contributed by atoms with Crippen LogP contribution in [0.25, 0.3) is 0 Å². The molecule has 0 saturated carbocycles. The van der Waals surface area contributed by atoms with Crippen molar-refractivity contribution in [2.75, 3.05) is 4.90 Å². The molecular weight excluding hydrogens is 238 g/mol. The van der Waals surface area contributed by atoms with E-state index in [-0.39, 0.29) is 11.8 Å². The number of hydrogen-bond donors (Lipinski definition) is 0. The third-order valence-corrected chi connectivity index (χ3v) is 3.26. The number of nitrogens with zero attached hydrogens (tertiary/aromatic N) is 1. The summed E-state index contributed by atoms with van der Waals surface area (Å²) in [6.45, 7) is 7.30. The molecule has 0 spiro atoms. The Balaban J connectivity index is 2.47. The average Bonchev–Trinajstić information content (AvgIpc) is 2.62. The Hall–Kier alpha value is -2.16. The Morgan fingerprint density at radius 3 is 2.58 bits per heavy atom. The van der Waals surface area contributed by atoms with Gasteiger partial charge in [0, 0.05) is 11.6 Å². The first-order valence-corrected chi connectivity index (χ1v) is 6.32. The van der Waals surface area contributed by atoms with Crippen molar-refractivity contribution in [3.05, 3.63) is 53.6 Å². The van der Waals surface area contributed by atoms with Crippen molar-refractivity contribution < 1.29 is 9.59 Å². The van der Waals surface area contributed by atoms with Gasteiger partial charge in [-0.25, -0.2) is 4.90 Å². The van der Waals surface area contributed by atoms with E-state index in [1.807, 2.05) is 31.2 Å². The molecule has 0 bridgehead atoms. The molecule has 98 valence electrons. The number of carbonyl (C=O) groups is 2. The van der Waals surface area contributed by atoms with Gasteiger partial charge < -0.3 is 0 Å². The van der Waals surface area contributed by atoms with Gasteiger partial charge in [0.15, 0.2) is 0 Å². The maximum Gasteiger partial charge on any atom is 0.261 e. The lowest BCUT2D eigenvalue weighted by molar-refractivity contribution is -0.120. The van der Waals surface area contributed by atoms with Crippen LogP contribution < -0.4 is 4.90 Å². The summed E-state index contributed by atoms with van der Waals surface area (Å²) >= 11 is 0. The number of benzene rings is 1. The summed E-state index contributed by atoms with van der Waals surface area (Å²) < 4.78 is 0. The molecule has 0 aromatic heterocycles. The number of rotatable bonds is 4. The van der Waals surface area contributed by atoms with E-state index in [0.717, 1.165) is 29.7 Å². The molecule has 0 N–H and O–H groups in total. The normalized spacial score (nSPS) is 14.8. The van der Waals surface area contributed by atoms with E-state index in [1.54, 1.807) is 6.92 Å². The molecule has 3 heteroatoms. The molecule has 0 saturated heterocycles. The highest BCUT2D eigenvalue weighted by molar-refractivity contribution is 6.30. The van der Waals surface area contributed by atoms with Crippen molar-refractivity contribution >= 4 is 17.5 Å². The fraction of sp³-hybridized carbons (Fsp3) is 0.250. The Morgan fingerprint density at radius 1 is 1.26 bits per heavy atom. The van der Waals surface area contributed by atoms with Crippen LogP contribution >= 0.6 is 0 Å². The van der Waals surface area contributed by atoms with Crippen LogP contribution in [-0.4, -0.2) is 11.8 Å². The number of amides is 2. The lowest BCUT2D eigenvalue weighted by Gasteiger charge is -2.21. The van der Waals surface area contributed by atoms with Crippen LogP contribution in [0, 0.1) is 6.92 Å². The monoisotopic (exact) mass is 255 g/mol. The van der Waals surface area contributed by atoms with Gasteiger partial charge >= 0.3 is 0 Å². The topological polar surface area (TPSA) is 37.4 Å². The lowest BCUT2D eigenvalue weighted by Crippen LogP contribution is -2.32. The molecule has 0 aliphatic carbocycles. The van der Waals surface area contributed by atoms with Gasteiger partial charge in [-0.1, -0.05) is 24.3 Å². The van der Waals surface area contributed by atoms with E-state index in [9.17, 15) is 9.59 Å². The number of carbonyl (C=O) groups excluding carboxylic acids is 2. The van der Waals surface area contributed by atoms with Crippen LogP contribution in [0.4, 0.5) is 5.69 Å². The molecule has 0 atom stereocenters. The molecule has 1 aliphatic heterocycles. The van der Waals surface area contributed by atoms with Crippen molar-refractivity contribution in [2.45, 2.75) is 26.7 Å². The highest BCUT2D eigenvalue weighted by Gasteiger charge is 2.31. The lowest BCUT2D eigenvalue weighted by atomic mass is 10.0. The second-order valence-corrected chi connectivity index (χ2v) is 4.72. The van der Waals surface area contributed by atoms with Crippen molar-refractivity contribution in [1.82, 2.24) is 0 Å². The summed E-state index contributed by atoms with van der Waals surface area (Å²) in [6, 6.07) is 5.82. The molecule has 0 unspecified atom stereocenters. The maximum absolute atomic E-state index is 12.1. The standard InChI is InChI=1S/C16H17NO2/c1-4-5-8-13-9-6-7-11(2)15(13)17-14(18)10-12(3)16(17)19/h4,6-7,9-10H,1,5,8H2,2-3H3. The summed E-state index contributed by atoms with van der Waals surface area (Å²) in [5.74, 6) is -0.476. The van der Waals surface area contributed by atoms with E-state index in [4.69, 9.17) is 0 Å². The largest absolute Gasteiger partial charge is 0.269 e. The molecular formula is C16H17NO2. The van der Waals surface area contributed by atoms with Gasteiger partial charge in [-0.2, -0.15) is 0 Å². The van der Waals surface area contributed by atoms with Crippen LogP contribution in [0.2, 0.25) is 0 Å². The molecule has 1 aromatic rings. The minimum absolute atomic E-state index is 0.223. The maximum atomic E-state index is 12.1. The van der Waals surface area contributed by atoms with E-state index >= 15 is 0 Å². The summed E-state index contributed by atoms with van der Waals surface area (Å²) in [5, 5.41) is 0. The molecule has 0 radical (unpaired) electrons. The van der Waals surface area contributed by atoms with Crippen molar-refractivity contribution in [2.24, 2.45) is 0 Å². The molecule has 1 heterocycles. The summed E-state index contributed by atoms with van der Waals surface area (Å²) in [7, 11) is 0. The van der Waals surface area contributed by atoms with Crippen LogP contribution in [-0.2, 0) is 16.0 Å². The van der Waals surface area contributed by atoms with E-state index in [2.05, 4.69) is 6.58 Å². The molecule has 1 aliphatic rings. The van der Waals surface area contributed by atoms with Crippen LogP contribution in [0.5, 0.6) is 0 Å². The van der Waals surface area contributed by atoms with Gasteiger partial charge in [-0.05, 0) is 37.8 Å². The molecule has 19 heavy (non-hydrogen) atoms. The summed E-state index contributed by atoms with van der Waals surface area (Å²) in [6.07, 6.45) is 4.82. The molecule has 3 nitrogen and oxygen atoms in total. The fourth-order valence-corrected chi connectivity index (χ4v) is 2.30. The first-order valence-electron chi connectivity index (χ1n) is 6.32. The van der Waals surface area contributed by atoms with Gasteiger partial charge in [0.1, 0.15) is 0 Å². The van der Waals surface area contributed by atoms with Crippen LogP contribution in [0.15, 0.2) is 42.5 Å². The van der Waals surface area contributed by atoms with E-state index < -0.39 is 0 Å². The second kappa shape index (κ2) is 5.22. The SMILES string of the molecule is C=CCCc1cccc(C)c1N1C(=O)C=C(C)C1=O. The van der Waals surface area contributed by atoms with Crippen LogP contribution in [0.1, 0.15) is 24.5 Å². The number of para-hydroxylation sites is 1. The van der Waals surface area contributed by atoms with Gasteiger partial charge in [0.2, 0.25) is 0 Å². The third kappa shape index (κ3) is 2.36. The Bertz CT molecular complexity index is 584. The average molecular weight is 255 g/mol. The first kappa shape index (κ1) is 13.3. The number of allylic oxidation sites excluding steroid dienone is 1. The number of hydrogen-bond acceptors (Lipinski definition) is 2. The third-order valence-electron chi connectivity index (χ3n) is 3.26. The first-order chi connectivity index (χ1) is 9.06. The Kier molecular flexibility index (Phi) is 3.65. The number of anilines is 1. The molecule has 0 fully saturated rings. The zero-order chi connectivity index (χ0) is 14.0. The summed E-state index contributed by atoms with van der Waals surface area (Å²) in [4.78, 5) is 25.4. The van der Waals surface area contributed by atoms with Gasteiger partial charge in [-0.3, -0.25) is 9.59 Å². The van der Waals surface area contributed by atoms with Crippen molar-refractivity contribution in [1.29, 1.82) is 0 Å². The predicted octanol–water partition coefficient (Wildman–Crippen LogP) is 2.93. The smallest absolute Gasteiger partial charge is 0.261 e. The highest BCUT2D eigenvalue weighted by Crippen LogP contribution is 2.30. The van der Waals surface area contributed by atoms with Crippen molar-refractivity contribution in [3.63, 3.8) is 0 Å². The van der Waals surface area contributed by atoms with Crippen LogP contribution in [0.3, 0.4) is 0 Å². The number of aryl methyl sites for hydroxylation is 2. The molecule has 2 amide bonds. The minimum Gasteiger partial charge on any atom is -0.269 e. The van der Waals surface area contributed by atoms with Crippen molar-refractivity contribution in [3.8, 4) is 0 Å².